The molecule has 0 aromatic heterocycles. The second-order valence-electron chi connectivity index (χ2n) is 7.52. The second-order valence-corrected chi connectivity index (χ2v) is 7.52. The summed E-state index contributed by atoms with van der Waals surface area (Å²) in [6.45, 7) is 12.7. The molecule has 0 saturated carbocycles. The zero-order chi connectivity index (χ0) is 16.2. The first kappa shape index (κ1) is 17.4. The van der Waals surface area contributed by atoms with Crippen molar-refractivity contribution in [3.63, 3.8) is 0 Å². The van der Waals surface area contributed by atoms with Gasteiger partial charge in [0.25, 0.3) is 0 Å². The summed E-state index contributed by atoms with van der Waals surface area (Å²) in [5.41, 5.74) is 1.17. The van der Waals surface area contributed by atoms with E-state index in [1.54, 1.807) is 12.1 Å². The minimum absolute atomic E-state index is 0.261. The molecule has 0 aliphatic carbocycles. The third-order valence-corrected chi connectivity index (χ3v) is 4.33. The van der Waals surface area contributed by atoms with Gasteiger partial charge in [0, 0.05) is 32.7 Å². The summed E-state index contributed by atoms with van der Waals surface area (Å²) in [4.78, 5) is 4.80. The normalized spacial score (nSPS) is 19.3. The molecule has 1 unspecified atom stereocenters. The van der Waals surface area contributed by atoms with Crippen LogP contribution in [0, 0.1) is 11.2 Å². The Morgan fingerprint density at radius 3 is 2.14 bits per heavy atom. The Labute approximate surface area is 133 Å². The van der Waals surface area contributed by atoms with Gasteiger partial charge in [-0.15, -0.1) is 0 Å². The highest BCUT2D eigenvalue weighted by atomic mass is 19.1. The molecule has 2 rings (SSSR count). The highest BCUT2D eigenvalue weighted by Crippen LogP contribution is 2.20. The van der Waals surface area contributed by atoms with Crippen LogP contribution in [0.4, 0.5) is 4.39 Å². The minimum atomic E-state index is -0.540. The Morgan fingerprint density at radius 2 is 1.59 bits per heavy atom. The van der Waals surface area contributed by atoms with Crippen molar-refractivity contribution in [2.45, 2.75) is 33.3 Å². The Bertz CT molecular complexity index is 447. The van der Waals surface area contributed by atoms with Gasteiger partial charge in [0.1, 0.15) is 5.82 Å². The van der Waals surface area contributed by atoms with Crippen LogP contribution in [0.1, 0.15) is 38.9 Å². The van der Waals surface area contributed by atoms with Crippen LogP contribution in [0.25, 0.3) is 0 Å². The molecule has 0 bridgehead atoms. The van der Waals surface area contributed by atoms with Gasteiger partial charge in [0.15, 0.2) is 0 Å². The maximum atomic E-state index is 12.9. The molecule has 1 saturated heterocycles. The molecule has 124 valence electrons. The number of hydrogen-bond acceptors (Lipinski definition) is 3. The lowest BCUT2D eigenvalue weighted by Crippen LogP contribution is -2.48. The van der Waals surface area contributed by atoms with Crippen molar-refractivity contribution in [2.75, 3.05) is 39.3 Å². The molecule has 1 atom stereocenters. The van der Waals surface area contributed by atoms with Gasteiger partial charge in [0.2, 0.25) is 0 Å². The van der Waals surface area contributed by atoms with Crippen LogP contribution < -0.4 is 0 Å². The van der Waals surface area contributed by atoms with Gasteiger partial charge in [-0.3, -0.25) is 4.90 Å². The van der Waals surface area contributed by atoms with E-state index >= 15 is 0 Å². The largest absolute Gasteiger partial charge is 0.387 e. The first-order chi connectivity index (χ1) is 10.3. The van der Waals surface area contributed by atoms with E-state index in [-0.39, 0.29) is 5.82 Å². The number of halogens is 1. The maximum Gasteiger partial charge on any atom is 0.123 e. The van der Waals surface area contributed by atoms with Crippen LogP contribution in [0.3, 0.4) is 0 Å². The zero-order valence-electron chi connectivity index (χ0n) is 14.1. The molecule has 22 heavy (non-hydrogen) atoms. The molecule has 1 N–H and O–H groups in total. The van der Waals surface area contributed by atoms with Crippen molar-refractivity contribution in [3.05, 3.63) is 35.6 Å². The lowest BCUT2D eigenvalue weighted by Gasteiger charge is -2.36. The van der Waals surface area contributed by atoms with Crippen LogP contribution in [-0.4, -0.2) is 54.2 Å². The fourth-order valence-electron chi connectivity index (χ4n) is 2.72. The Hall–Kier alpha value is -0.970. The van der Waals surface area contributed by atoms with Crippen LogP contribution in [0.15, 0.2) is 24.3 Å². The third-order valence-electron chi connectivity index (χ3n) is 4.33. The Morgan fingerprint density at radius 1 is 1.05 bits per heavy atom. The summed E-state index contributed by atoms with van der Waals surface area (Å²) in [7, 11) is 0. The second kappa shape index (κ2) is 7.53. The van der Waals surface area contributed by atoms with Crippen LogP contribution in [-0.2, 0) is 0 Å². The van der Waals surface area contributed by atoms with Crippen molar-refractivity contribution >= 4 is 0 Å². The smallest absolute Gasteiger partial charge is 0.123 e. The van der Waals surface area contributed by atoms with Gasteiger partial charge < -0.3 is 10.0 Å². The van der Waals surface area contributed by atoms with Gasteiger partial charge >= 0.3 is 0 Å². The van der Waals surface area contributed by atoms with Gasteiger partial charge in [-0.2, -0.15) is 0 Å². The minimum Gasteiger partial charge on any atom is -0.387 e. The summed E-state index contributed by atoms with van der Waals surface area (Å²) in [5, 5.41) is 10.3. The van der Waals surface area contributed by atoms with E-state index in [1.165, 1.54) is 18.6 Å². The van der Waals surface area contributed by atoms with Gasteiger partial charge in [-0.05, 0) is 36.1 Å². The van der Waals surface area contributed by atoms with Gasteiger partial charge in [-0.25, -0.2) is 4.39 Å². The summed E-state index contributed by atoms with van der Waals surface area (Å²) in [5.74, 6) is -0.261. The number of aliphatic hydroxyl groups is 1. The van der Waals surface area contributed by atoms with Gasteiger partial charge in [0.05, 0.1) is 6.10 Å². The van der Waals surface area contributed by atoms with E-state index in [2.05, 4.69) is 30.6 Å². The predicted octanol–water partition coefficient (Wildman–Crippen LogP) is 2.91. The molecular formula is C18H29FN2O. The average Bonchev–Trinajstić information content (AvgIpc) is 2.46. The Kier molecular flexibility index (Phi) is 5.95. The van der Waals surface area contributed by atoms with Crippen LogP contribution in [0.5, 0.6) is 0 Å². The lowest BCUT2D eigenvalue weighted by molar-refractivity contribution is 0.0689. The maximum absolute atomic E-state index is 12.9. The first-order valence-electron chi connectivity index (χ1n) is 8.22. The number of piperazine rings is 1. The van der Waals surface area contributed by atoms with Crippen LogP contribution in [0.2, 0.25) is 0 Å². The molecule has 4 heteroatoms. The van der Waals surface area contributed by atoms with E-state index in [0.29, 0.717) is 12.0 Å². The summed E-state index contributed by atoms with van der Waals surface area (Å²) in [6, 6.07) is 6.14. The molecule has 0 radical (unpaired) electrons. The van der Waals surface area contributed by atoms with Crippen molar-refractivity contribution in [1.82, 2.24) is 9.80 Å². The van der Waals surface area contributed by atoms with E-state index in [1.807, 2.05) is 0 Å². The number of aliphatic hydroxyl groups excluding tert-OH is 1. The van der Waals surface area contributed by atoms with Gasteiger partial charge in [-0.1, -0.05) is 32.9 Å². The number of benzene rings is 1. The van der Waals surface area contributed by atoms with Crippen LogP contribution >= 0.6 is 0 Å². The molecule has 0 amide bonds. The molecule has 1 aliphatic rings. The highest BCUT2D eigenvalue weighted by molar-refractivity contribution is 5.18. The van der Waals surface area contributed by atoms with Crippen molar-refractivity contribution in [3.8, 4) is 0 Å². The fraction of sp³-hybridized carbons (Fsp3) is 0.667. The highest BCUT2D eigenvalue weighted by Gasteiger charge is 2.21. The third kappa shape index (κ3) is 5.67. The average molecular weight is 308 g/mol. The number of nitrogens with zero attached hydrogens (tertiary/aromatic N) is 2. The molecule has 1 aromatic carbocycles. The number of β-amino-alcohol motifs (C(OH)–C–C–N with tert-alkyl or cyclic N) is 1. The number of rotatable bonds is 5. The number of hydrogen-bond donors (Lipinski definition) is 1. The molecular weight excluding hydrogens is 279 g/mol. The van der Waals surface area contributed by atoms with Crippen molar-refractivity contribution in [2.24, 2.45) is 5.41 Å². The molecule has 1 heterocycles. The van der Waals surface area contributed by atoms with Crippen molar-refractivity contribution in [1.29, 1.82) is 0 Å². The molecule has 1 aromatic rings. The van der Waals surface area contributed by atoms with E-state index in [9.17, 15) is 9.50 Å². The molecule has 1 fully saturated rings. The summed E-state index contributed by atoms with van der Waals surface area (Å²) >= 11 is 0. The predicted molar refractivity (Wildman–Crippen MR) is 88.3 cm³/mol. The molecule has 0 spiro atoms. The first-order valence-corrected chi connectivity index (χ1v) is 8.22. The van der Waals surface area contributed by atoms with E-state index in [4.69, 9.17) is 0 Å². The SMILES string of the molecule is CC(C)(C)CCN1CCN(CC(O)c2ccc(F)cc2)CC1. The summed E-state index contributed by atoms with van der Waals surface area (Å²) < 4.78 is 12.9. The Balaban J connectivity index is 1.74. The standard InChI is InChI=1S/C18H29FN2O/c1-18(2,3)8-9-20-10-12-21(13-11-20)14-17(22)15-4-6-16(19)7-5-15/h4-7,17,22H,8-14H2,1-3H3. The fourth-order valence-corrected chi connectivity index (χ4v) is 2.72. The van der Waals surface area contributed by atoms with E-state index < -0.39 is 6.10 Å². The quantitative estimate of drug-likeness (QED) is 0.906. The molecule has 1 aliphatic heterocycles. The van der Waals surface area contributed by atoms with E-state index in [0.717, 1.165) is 38.3 Å². The zero-order valence-corrected chi connectivity index (χ0v) is 14.1. The summed E-state index contributed by atoms with van der Waals surface area (Å²) in [6.07, 6.45) is 0.673. The monoisotopic (exact) mass is 308 g/mol. The van der Waals surface area contributed by atoms with Crippen molar-refractivity contribution < 1.29 is 9.50 Å². The molecule has 3 nitrogen and oxygen atoms in total. The lowest BCUT2D eigenvalue weighted by atomic mass is 9.92. The topological polar surface area (TPSA) is 26.7 Å².